The minimum atomic E-state index is -0.833. The summed E-state index contributed by atoms with van der Waals surface area (Å²) in [4.78, 5) is 23.2. The summed E-state index contributed by atoms with van der Waals surface area (Å²) in [5.41, 5.74) is 1.20. The Bertz CT molecular complexity index is 932. The molecule has 3 rings (SSSR count). The average molecular weight is 395 g/mol. The molecule has 1 amide bonds. The van der Waals surface area contributed by atoms with E-state index in [1.54, 1.807) is 60.7 Å². The van der Waals surface area contributed by atoms with E-state index in [9.17, 15) is 14.7 Å². The van der Waals surface area contributed by atoms with E-state index < -0.39 is 6.10 Å². The van der Waals surface area contributed by atoms with Crippen LogP contribution < -0.4 is 14.8 Å². The molecular formula is C22H21NO6. The summed E-state index contributed by atoms with van der Waals surface area (Å²) < 4.78 is 16.1. The number of benzene rings is 2. The molecule has 7 nitrogen and oxygen atoms in total. The van der Waals surface area contributed by atoms with Gasteiger partial charge in [0.2, 0.25) is 0 Å². The predicted molar refractivity (Wildman–Crippen MR) is 107 cm³/mol. The van der Waals surface area contributed by atoms with Crippen molar-refractivity contribution in [3.8, 4) is 11.5 Å². The molecule has 3 aromatic rings. The number of furan rings is 1. The summed E-state index contributed by atoms with van der Waals surface area (Å²) in [6, 6.07) is 16.7. The minimum absolute atomic E-state index is 0.0171. The minimum Gasteiger partial charge on any atom is -0.491 e. The lowest BCUT2D eigenvalue weighted by Gasteiger charge is -2.14. The maximum absolute atomic E-state index is 11.9. The summed E-state index contributed by atoms with van der Waals surface area (Å²) >= 11 is 0. The van der Waals surface area contributed by atoms with E-state index in [1.807, 2.05) is 0 Å². The first-order valence-electron chi connectivity index (χ1n) is 9.01. The standard InChI is InChI=1S/C22H21NO6/c1-15(24)16-4-8-19(9-5-16)28-13-18(25)14-29-20-10-6-17(7-11-20)23-22(26)21-3-2-12-27-21/h2-12,18,25H,13-14H2,1H3,(H,23,26)/t18-/m0/s1. The Kier molecular flexibility index (Phi) is 6.65. The van der Waals surface area contributed by atoms with Crippen LogP contribution in [0.4, 0.5) is 5.69 Å². The predicted octanol–water partition coefficient (Wildman–Crippen LogP) is 3.55. The Hall–Kier alpha value is -3.58. The molecule has 150 valence electrons. The van der Waals surface area contributed by atoms with Gasteiger partial charge < -0.3 is 24.3 Å². The monoisotopic (exact) mass is 395 g/mol. The van der Waals surface area contributed by atoms with Crippen molar-refractivity contribution in [1.82, 2.24) is 0 Å². The van der Waals surface area contributed by atoms with Gasteiger partial charge in [-0.1, -0.05) is 0 Å². The van der Waals surface area contributed by atoms with E-state index >= 15 is 0 Å². The second kappa shape index (κ2) is 9.57. The van der Waals surface area contributed by atoms with E-state index in [4.69, 9.17) is 13.9 Å². The number of hydrogen-bond acceptors (Lipinski definition) is 6. The Balaban J connectivity index is 1.42. The zero-order chi connectivity index (χ0) is 20.6. The summed E-state index contributed by atoms with van der Waals surface area (Å²) in [6.07, 6.45) is 0.600. The van der Waals surface area contributed by atoms with Crippen molar-refractivity contribution in [2.45, 2.75) is 13.0 Å². The number of rotatable bonds is 9. The number of carbonyl (C=O) groups excluding carboxylic acids is 2. The van der Waals surface area contributed by atoms with E-state index in [0.717, 1.165) is 0 Å². The molecule has 2 aromatic carbocycles. The Morgan fingerprint density at radius 2 is 1.55 bits per heavy atom. The Morgan fingerprint density at radius 3 is 2.07 bits per heavy atom. The van der Waals surface area contributed by atoms with Crippen molar-refractivity contribution in [1.29, 1.82) is 0 Å². The maximum atomic E-state index is 11.9. The second-order valence-electron chi connectivity index (χ2n) is 6.31. The van der Waals surface area contributed by atoms with Gasteiger partial charge in [0, 0.05) is 11.3 Å². The highest BCUT2D eigenvalue weighted by Gasteiger charge is 2.10. The number of aliphatic hydroxyl groups is 1. The van der Waals surface area contributed by atoms with Gasteiger partial charge in [-0.2, -0.15) is 0 Å². The van der Waals surface area contributed by atoms with Crippen LogP contribution in [0, 0.1) is 0 Å². The summed E-state index contributed by atoms with van der Waals surface area (Å²) in [5, 5.41) is 12.7. The van der Waals surface area contributed by atoms with Gasteiger partial charge in [-0.25, -0.2) is 0 Å². The van der Waals surface area contributed by atoms with Gasteiger partial charge in [-0.3, -0.25) is 9.59 Å². The van der Waals surface area contributed by atoms with Crippen LogP contribution in [0.5, 0.6) is 11.5 Å². The lowest BCUT2D eigenvalue weighted by molar-refractivity contribution is 0.0626. The van der Waals surface area contributed by atoms with E-state index in [2.05, 4.69) is 5.32 Å². The molecule has 0 aliphatic rings. The molecule has 2 N–H and O–H groups in total. The molecule has 0 saturated carbocycles. The van der Waals surface area contributed by atoms with Gasteiger partial charge in [0.15, 0.2) is 11.5 Å². The zero-order valence-corrected chi connectivity index (χ0v) is 15.8. The van der Waals surface area contributed by atoms with Crippen molar-refractivity contribution in [2.75, 3.05) is 18.5 Å². The number of nitrogens with one attached hydrogen (secondary N) is 1. The highest BCUT2D eigenvalue weighted by molar-refractivity contribution is 6.02. The van der Waals surface area contributed by atoms with Crippen molar-refractivity contribution in [3.05, 3.63) is 78.3 Å². The Morgan fingerprint density at radius 1 is 0.966 bits per heavy atom. The quantitative estimate of drug-likeness (QED) is 0.538. The largest absolute Gasteiger partial charge is 0.491 e. The SMILES string of the molecule is CC(=O)c1ccc(OC[C@H](O)COc2ccc(NC(=O)c3ccco3)cc2)cc1. The van der Waals surface area contributed by atoms with Crippen LogP contribution in [-0.2, 0) is 0 Å². The van der Waals surface area contributed by atoms with Crippen LogP contribution in [0.3, 0.4) is 0 Å². The molecule has 0 aliphatic carbocycles. The van der Waals surface area contributed by atoms with E-state index in [0.29, 0.717) is 22.7 Å². The van der Waals surface area contributed by atoms with Gasteiger partial charge in [-0.15, -0.1) is 0 Å². The van der Waals surface area contributed by atoms with E-state index in [-0.39, 0.29) is 30.7 Å². The van der Waals surface area contributed by atoms with Crippen LogP contribution >= 0.6 is 0 Å². The van der Waals surface area contributed by atoms with Gasteiger partial charge in [0.1, 0.15) is 30.8 Å². The highest BCUT2D eigenvalue weighted by atomic mass is 16.5. The maximum Gasteiger partial charge on any atom is 0.291 e. The molecule has 0 spiro atoms. The van der Waals surface area contributed by atoms with Crippen molar-refractivity contribution in [2.24, 2.45) is 0 Å². The highest BCUT2D eigenvalue weighted by Crippen LogP contribution is 2.17. The molecule has 7 heteroatoms. The van der Waals surface area contributed by atoms with Gasteiger partial charge in [0.05, 0.1) is 6.26 Å². The normalized spacial score (nSPS) is 11.5. The van der Waals surface area contributed by atoms with Crippen LogP contribution in [0.15, 0.2) is 71.3 Å². The third-order valence-corrected chi connectivity index (χ3v) is 4.00. The number of ether oxygens (including phenoxy) is 2. The topological polar surface area (TPSA) is 98.0 Å². The van der Waals surface area contributed by atoms with Crippen LogP contribution in [0.1, 0.15) is 27.8 Å². The Labute approximate surface area is 167 Å². The summed E-state index contributed by atoms with van der Waals surface area (Å²) in [5.74, 6) is 0.977. The number of aliphatic hydroxyl groups excluding tert-OH is 1. The van der Waals surface area contributed by atoms with Crippen molar-refractivity contribution >= 4 is 17.4 Å². The van der Waals surface area contributed by atoms with Crippen LogP contribution in [-0.4, -0.2) is 36.1 Å². The number of ketones is 1. The number of hydrogen-bond donors (Lipinski definition) is 2. The molecule has 0 saturated heterocycles. The lowest BCUT2D eigenvalue weighted by atomic mass is 10.1. The first-order chi connectivity index (χ1) is 14.0. The molecule has 0 bridgehead atoms. The third kappa shape index (κ3) is 5.95. The fourth-order valence-corrected chi connectivity index (χ4v) is 2.45. The zero-order valence-electron chi connectivity index (χ0n) is 15.8. The molecule has 0 unspecified atom stereocenters. The van der Waals surface area contributed by atoms with Gasteiger partial charge in [-0.05, 0) is 67.6 Å². The van der Waals surface area contributed by atoms with Crippen LogP contribution in [0.25, 0.3) is 0 Å². The van der Waals surface area contributed by atoms with Crippen molar-refractivity contribution in [3.63, 3.8) is 0 Å². The molecule has 29 heavy (non-hydrogen) atoms. The third-order valence-electron chi connectivity index (χ3n) is 4.00. The molecule has 0 radical (unpaired) electrons. The van der Waals surface area contributed by atoms with E-state index in [1.165, 1.54) is 13.2 Å². The average Bonchev–Trinajstić information content (AvgIpc) is 3.27. The fraction of sp³-hybridized carbons (Fsp3) is 0.182. The molecule has 1 atom stereocenters. The molecular weight excluding hydrogens is 374 g/mol. The summed E-state index contributed by atoms with van der Waals surface area (Å²) in [7, 11) is 0. The van der Waals surface area contributed by atoms with Crippen LogP contribution in [0.2, 0.25) is 0 Å². The number of amides is 1. The number of anilines is 1. The second-order valence-corrected chi connectivity index (χ2v) is 6.31. The van der Waals surface area contributed by atoms with Gasteiger partial charge in [0.25, 0.3) is 5.91 Å². The molecule has 0 aliphatic heterocycles. The smallest absolute Gasteiger partial charge is 0.291 e. The fourth-order valence-electron chi connectivity index (χ4n) is 2.45. The summed E-state index contributed by atoms with van der Waals surface area (Å²) in [6.45, 7) is 1.59. The first kappa shape index (κ1) is 20.2. The lowest BCUT2D eigenvalue weighted by Crippen LogP contribution is -2.25. The van der Waals surface area contributed by atoms with Gasteiger partial charge >= 0.3 is 0 Å². The molecule has 1 aromatic heterocycles. The molecule has 0 fully saturated rings. The number of Topliss-reactive ketones (excluding diaryl/α,β-unsaturated/α-hetero) is 1. The molecule has 1 heterocycles. The number of carbonyl (C=O) groups is 2. The van der Waals surface area contributed by atoms with Crippen molar-refractivity contribution < 1.29 is 28.6 Å². The first-order valence-corrected chi connectivity index (χ1v) is 9.01.